The molecule has 158 valence electrons. The van der Waals surface area contributed by atoms with Gasteiger partial charge in [0.25, 0.3) is 10.0 Å². The van der Waals surface area contributed by atoms with Crippen molar-refractivity contribution >= 4 is 39.2 Å². The lowest BCUT2D eigenvalue weighted by molar-refractivity contribution is -0.141. The molecule has 1 aliphatic rings. The van der Waals surface area contributed by atoms with Crippen LogP contribution in [0.1, 0.15) is 22.3 Å². The van der Waals surface area contributed by atoms with Crippen molar-refractivity contribution in [3.05, 3.63) is 53.6 Å². The number of ether oxygens (including phenoxy) is 1. The zero-order valence-corrected chi connectivity index (χ0v) is 17.1. The molecule has 0 spiro atoms. The highest BCUT2D eigenvalue weighted by Crippen LogP contribution is 2.27. The van der Waals surface area contributed by atoms with Gasteiger partial charge in [-0.3, -0.25) is 14.3 Å². The summed E-state index contributed by atoms with van der Waals surface area (Å²) in [7, 11) is -2.66. The quantitative estimate of drug-likeness (QED) is 0.668. The number of nitrogens with one attached hydrogen (secondary N) is 1. The summed E-state index contributed by atoms with van der Waals surface area (Å²) in [6.07, 6.45) is -0.0855. The number of amides is 1. The van der Waals surface area contributed by atoms with Crippen LogP contribution in [-0.2, 0) is 24.3 Å². The molecule has 1 amide bonds. The number of sulfonamides is 1. The van der Waals surface area contributed by atoms with E-state index in [2.05, 4.69) is 9.46 Å². The van der Waals surface area contributed by atoms with Gasteiger partial charge >= 0.3 is 11.9 Å². The molecule has 2 N–H and O–H groups in total. The molecule has 2 aromatic carbocycles. The van der Waals surface area contributed by atoms with E-state index in [-0.39, 0.29) is 23.8 Å². The SMILES string of the molecule is COC(=O)c1ccc(NS(=O)(=O)c2ccc(N3CC(C(=O)O)CC3=O)cc2)c(C)c1. The van der Waals surface area contributed by atoms with Crippen molar-refractivity contribution in [3.8, 4) is 0 Å². The average Bonchev–Trinajstić information content (AvgIpc) is 3.11. The molecule has 1 fully saturated rings. The minimum absolute atomic E-state index is 0.0240. The summed E-state index contributed by atoms with van der Waals surface area (Å²) in [6.45, 7) is 1.70. The molecule has 0 aliphatic carbocycles. The second-order valence-corrected chi connectivity index (χ2v) is 8.55. The van der Waals surface area contributed by atoms with Crippen LogP contribution >= 0.6 is 0 Å². The van der Waals surface area contributed by atoms with Crippen LogP contribution in [0.2, 0.25) is 0 Å². The van der Waals surface area contributed by atoms with Crippen LogP contribution in [0.25, 0.3) is 0 Å². The number of hydrogen-bond donors (Lipinski definition) is 2. The van der Waals surface area contributed by atoms with Gasteiger partial charge in [0.1, 0.15) is 0 Å². The number of aryl methyl sites for hydroxylation is 1. The van der Waals surface area contributed by atoms with E-state index in [1.807, 2.05) is 0 Å². The fourth-order valence-corrected chi connectivity index (χ4v) is 4.29. The van der Waals surface area contributed by atoms with Gasteiger partial charge in [-0.2, -0.15) is 0 Å². The van der Waals surface area contributed by atoms with Crippen molar-refractivity contribution in [2.45, 2.75) is 18.2 Å². The first-order valence-corrected chi connectivity index (χ1v) is 10.5. The highest BCUT2D eigenvalue weighted by molar-refractivity contribution is 7.92. The summed E-state index contributed by atoms with van der Waals surface area (Å²) in [5, 5.41) is 9.08. The number of carboxylic acid groups (broad SMARTS) is 1. The Morgan fingerprint density at radius 1 is 1.17 bits per heavy atom. The number of nitrogens with zero attached hydrogens (tertiary/aromatic N) is 1. The molecule has 1 heterocycles. The molecule has 2 aromatic rings. The molecule has 30 heavy (non-hydrogen) atoms. The monoisotopic (exact) mass is 432 g/mol. The van der Waals surface area contributed by atoms with Crippen molar-refractivity contribution in [2.75, 3.05) is 23.3 Å². The largest absolute Gasteiger partial charge is 0.481 e. The van der Waals surface area contributed by atoms with Crippen molar-refractivity contribution < 1.29 is 32.6 Å². The van der Waals surface area contributed by atoms with Crippen molar-refractivity contribution in [1.29, 1.82) is 0 Å². The molecule has 9 nitrogen and oxygen atoms in total. The Balaban J connectivity index is 1.78. The normalized spacial score (nSPS) is 16.4. The third kappa shape index (κ3) is 4.28. The molecular formula is C20H20N2O7S. The number of benzene rings is 2. The lowest BCUT2D eigenvalue weighted by atomic mass is 10.1. The molecule has 0 radical (unpaired) electrons. The Kier molecular flexibility index (Phi) is 5.79. The highest BCUT2D eigenvalue weighted by Gasteiger charge is 2.35. The number of anilines is 2. The van der Waals surface area contributed by atoms with E-state index in [0.29, 0.717) is 22.5 Å². The predicted octanol–water partition coefficient (Wildman–Crippen LogP) is 2.02. The van der Waals surface area contributed by atoms with Crippen LogP contribution in [0.5, 0.6) is 0 Å². The van der Waals surface area contributed by atoms with E-state index in [9.17, 15) is 22.8 Å². The standard InChI is InChI=1S/C20H20N2O7S/c1-12-9-13(20(26)29-2)3-8-17(12)21-30(27,28)16-6-4-15(5-7-16)22-11-14(19(24)25)10-18(22)23/h3-9,14,21H,10-11H2,1-2H3,(H,24,25). The van der Waals surface area contributed by atoms with Crippen molar-refractivity contribution in [2.24, 2.45) is 5.92 Å². The lowest BCUT2D eigenvalue weighted by Gasteiger charge is -2.17. The van der Waals surface area contributed by atoms with Gasteiger partial charge in [-0.05, 0) is 55.0 Å². The molecule has 3 rings (SSSR count). The highest BCUT2D eigenvalue weighted by atomic mass is 32.2. The van der Waals surface area contributed by atoms with Gasteiger partial charge in [0.05, 0.1) is 29.2 Å². The van der Waals surface area contributed by atoms with Crippen LogP contribution in [0.3, 0.4) is 0 Å². The fraction of sp³-hybridized carbons (Fsp3) is 0.250. The van der Waals surface area contributed by atoms with Gasteiger partial charge in [-0.25, -0.2) is 13.2 Å². The molecular weight excluding hydrogens is 412 g/mol. The summed E-state index contributed by atoms with van der Waals surface area (Å²) in [5.74, 6) is -2.66. The molecule has 1 aliphatic heterocycles. The number of rotatable bonds is 6. The second kappa shape index (κ2) is 8.15. The molecule has 1 unspecified atom stereocenters. The molecule has 0 saturated carbocycles. The zero-order chi connectivity index (χ0) is 22.1. The van der Waals surface area contributed by atoms with E-state index in [4.69, 9.17) is 5.11 Å². The molecule has 0 bridgehead atoms. The Morgan fingerprint density at radius 3 is 2.37 bits per heavy atom. The number of esters is 1. The van der Waals surface area contributed by atoms with Crippen molar-refractivity contribution in [1.82, 2.24) is 0 Å². The smallest absolute Gasteiger partial charge is 0.337 e. The maximum atomic E-state index is 12.7. The predicted molar refractivity (Wildman–Crippen MR) is 108 cm³/mol. The third-order valence-electron chi connectivity index (χ3n) is 4.82. The summed E-state index contributed by atoms with van der Waals surface area (Å²) in [5.41, 5.74) is 1.59. The van der Waals surface area contributed by atoms with E-state index in [1.54, 1.807) is 6.92 Å². The first kappa shape index (κ1) is 21.3. The fourth-order valence-electron chi connectivity index (χ4n) is 3.15. The lowest BCUT2D eigenvalue weighted by Crippen LogP contribution is -2.25. The second-order valence-electron chi connectivity index (χ2n) is 6.86. The molecule has 10 heteroatoms. The third-order valence-corrected chi connectivity index (χ3v) is 6.21. The van der Waals surface area contributed by atoms with Gasteiger partial charge in [-0.15, -0.1) is 0 Å². The Labute approximate surface area is 173 Å². The minimum Gasteiger partial charge on any atom is -0.481 e. The van der Waals surface area contributed by atoms with Crippen LogP contribution in [0.4, 0.5) is 11.4 Å². The number of methoxy groups -OCH3 is 1. The van der Waals surface area contributed by atoms with Gasteiger partial charge in [-0.1, -0.05) is 0 Å². The van der Waals surface area contributed by atoms with Gasteiger partial charge in [0.15, 0.2) is 0 Å². The van der Waals surface area contributed by atoms with Crippen LogP contribution in [0, 0.1) is 12.8 Å². The summed E-state index contributed by atoms with van der Waals surface area (Å²) in [6, 6.07) is 10.1. The molecule has 1 atom stereocenters. The van der Waals surface area contributed by atoms with Gasteiger partial charge < -0.3 is 14.7 Å². The van der Waals surface area contributed by atoms with Gasteiger partial charge in [0, 0.05) is 18.7 Å². The number of aliphatic carboxylic acids is 1. The molecule has 0 aromatic heterocycles. The zero-order valence-electron chi connectivity index (χ0n) is 16.3. The molecule has 1 saturated heterocycles. The first-order chi connectivity index (χ1) is 14.1. The summed E-state index contributed by atoms with van der Waals surface area (Å²) in [4.78, 5) is 36.0. The van der Waals surface area contributed by atoms with E-state index in [0.717, 1.165) is 0 Å². The van der Waals surface area contributed by atoms with E-state index >= 15 is 0 Å². The summed E-state index contributed by atoms with van der Waals surface area (Å²) >= 11 is 0. The average molecular weight is 432 g/mol. The Bertz CT molecular complexity index is 1110. The van der Waals surface area contributed by atoms with E-state index in [1.165, 1.54) is 54.5 Å². The number of hydrogen-bond acceptors (Lipinski definition) is 6. The topological polar surface area (TPSA) is 130 Å². The summed E-state index contributed by atoms with van der Waals surface area (Å²) < 4.78 is 32.5. The van der Waals surface area contributed by atoms with Crippen molar-refractivity contribution in [3.63, 3.8) is 0 Å². The Morgan fingerprint density at radius 2 is 1.83 bits per heavy atom. The number of carboxylic acids is 1. The van der Waals surface area contributed by atoms with E-state index < -0.39 is 27.9 Å². The first-order valence-electron chi connectivity index (χ1n) is 8.97. The number of carbonyl (C=O) groups is 3. The van der Waals surface area contributed by atoms with Crippen LogP contribution < -0.4 is 9.62 Å². The maximum absolute atomic E-state index is 12.7. The Hall–Kier alpha value is -3.40. The maximum Gasteiger partial charge on any atom is 0.337 e. The minimum atomic E-state index is -3.92. The van der Waals surface area contributed by atoms with Gasteiger partial charge in [0.2, 0.25) is 5.91 Å². The van der Waals surface area contributed by atoms with Crippen LogP contribution in [0.15, 0.2) is 47.4 Å². The number of carbonyl (C=O) groups excluding carboxylic acids is 2. The van der Waals surface area contributed by atoms with Crippen LogP contribution in [-0.4, -0.2) is 45.0 Å².